The number of likely N-dealkylation sites (tertiary alicyclic amines) is 1. The first-order chi connectivity index (χ1) is 14.1. The van der Waals surface area contributed by atoms with Gasteiger partial charge in [-0.05, 0) is 49.3 Å². The average molecular weight is 414 g/mol. The zero-order valence-corrected chi connectivity index (χ0v) is 17.3. The Kier molecular flexibility index (Phi) is 5.96. The summed E-state index contributed by atoms with van der Waals surface area (Å²) >= 11 is 0. The number of carbonyl (C=O) groups excluding carboxylic acids is 1. The lowest BCUT2D eigenvalue weighted by molar-refractivity contribution is -0.137. The molecule has 1 aromatic heterocycles. The zero-order chi connectivity index (χ0) is 20.3. The molecule has 2 fully saturated rings. The van der Waals surface area contributed by atoms with Gasteiger partial charge >= 0.3 is 0 Å². The lowest BCUT2D eigenvalue weighted by Gasteiger charge is -2.37. The molecule has 1 aromatic carbocycles. The summed E-state index contributed by atoms with van der Waals surface area (Å²) in [5.41, 5.74) is 1.36. The minimum atomic E-state index is -3.53. The molecule has 2 aliphatic heterocycles. The van der Waals surface area contributed by atoms with Crippen LogP contribution in [0.15, 0.2) is 59.8 Å². The molecule has 0 radical (unpaired) electrons. The summed E-state index contributed by atoms with van der Waals surface area (Å²) in [4.78, 5) is 19.1. The first-order valence-electron chi connectivity index (χ1n) is 10.3. The summed E-state index contributed by atoms with van der Waals surface area (Å²) in [6.07, 6.45) is 6.08. The van der Waals surface area contributed by atoms with E-state index < -0.39 is 10.0 Å². The predicted octanol–water partition coefficient (Wildman–Crippen LogP) is 2.89. The highest BCUT2D eigenvalue weighted by atomic mass is 32.2. The van der Waals surface area contributed by atoms with Gasteiger partial charge in [-0.15, -0.1) is 0 Å². The molecule has 1 amide bonds. The Labute approximate surface area is 172 Å². The van der Waals surface area contributed by atoms with Crippen molar-refractivity contribution in [2.75, 3.05) is 26.2 Å². The molecule has 7 heteroatoms. The van der Waals surface area contributed by atoms with E-state index in [1.807, 2.05) is 11.0 Å². The van der Waals surface area contributed by atoms with Gasteiger partial charge in [-0.3, -0.25) is 9.78 Å². The highest BCUT2D eigenvalue weighted by Gasteiger charge is 2.35. The molecular weight excluding hydrogens is 386 g/mol. The molecule has 0 aliphatic carbocycles. The van der Waals surface area contributed by atoms with Crippen LogP contribution >= 0.6 is 0 Å². The molecule has 0 atom stereocenters. The van der Waals surface area contributed by atoms with Crippen molar-refractivity contribution < 1.29 is 13.2 Å². The van der Waals surface area contributed by atoms with E-state index in [0.29, 0.717) is 31.8 Å². The van der Waals surface area contributed by atoms with Crippen molar-refractivity contribution in [1.29, 1.82) is 0 Å². The molecule has 3 heterocycles. The van der Waals surface area contributed by atoms with E-state index in [9.17, 15) is 13.2 Å². The predicted molar refractivity (Wildman–Crippen MR) is 111 cm³/mol. The van der Waals surface area contributed by atoms with E-state index >= 15 is 0 Å². The lowest BCUT2D eigenvalue weighted by Crippen LogP contribution is -2.46. The highest BCUT2D eigenvalue weighted by Crippen LogP contribution is 2.30. The van der Waals surface area contributed by atoms with Gasteiger partial charge in [0.05, 0.1) is 0 Å². The Morgan fingerprint density at radius 2 is 1.59 bits per heavy atom. The normalized spacial score (nSPS) is 19.9. The van der Waals surface area contributed by atoms with E-state index in [1.165, 1.54) is 16.1 Å². The standard InChI is InChI=1S/C22H27N3O3S/c26-22(24-13-8-19(9-14-24)18-5-2-1-3-6-18)20-10-15-25(16-11-20)29(27,28)21-7-4-12-23-17-21/h1-7,12,17,19-20H,8-11,13-16H2. The molecule has 0 spiro atoms. The van der Waals surface area contributed by atoms with Crippen LogP contribution in [0.25, 0.3) is 0 Å². The van der Waals surface area contributed by atoms with Gasteiger partial charge in [0.1, 0.15) is 4.90 Å². The fraction of sp³-hybridized carbons (Fsp3) is 0.455. The number of benzene rings is 1. The third kappa shape index (κ3) is 4.36. The van der Waals surface area contributed by atoms with E-state index in [0.717, 1.165) is 25.9 Å². The number of hydrogen-bond acceptors (Lipinski definition) is 4. The number of hydrogen-bond donors (Lipinski definition) is 0. The van der Waals surface area contributed by atoms with Crippen LogP contribution in [0.3, 0.4) is 0 Å². The van der Waals surface area contributed by atoms with Crippen molar-refractivity contribution in [2.24, 2.45) is 5.92 Å². The maximum atomic E-state index is 13.0. The first kappa shape index (κ1) is 20.0. The largest absolute Gasteiger partial charge is 0.342 e. The summed E-state index contributed by atoms with van der Waals surface area (Å²) < 4.78 is 26.9. The Morgan fingerprint density at radius 1 is 0.897 bits per heavy atom. The summed E-state index contributed by atoms with van der Waals surface area (Å²) in [7, 11) is -3.53. The van der Waals surface area contributed by atoms with Gasteiger partial charge in [0, 0.05) is 44.5 Å². The van der Waals surface area contributed by atoms with Crippen LogP contribution in [-0.4, -0.2) is 54.7 Å². The van der Waals surface area contributed by atoms with Crippen molar-refractivity contribution in [3.05, 3.63) is 60.4 Å². The quantitative estimate of drug-likeness (QED) is 0.773. The minimum absolute atomic E-state index is 0.0800. The van der Waals surface area contributed by atoms with Crippen LogP contribution in [0, 0.1) is 5.92 Å². The Hall–Kier alpha value is -2.25. The summed E-state index contributed by atoms with van der Waals surface area (Å²) in [5.74, 6) is 0.630. The second-order valence-corrected chi connectivity index (χ2v) is 9.82. The van der Waals surface area contributed by atoms with Gasteiger partial charge in [0.2, 0.25) is 15.9 Å². The topological polar surface area (TPSA) is 70.6 Å². The Balaban J connectivity index is 1.31. The van der Waals surface area contributed by atoms with Crippen LogP contribution in [0.1, 0.15) is 37.2 Å². The number of aromatic nitrogens is 1. The molecule has 29 heavy (non-hydrogen) atoms. The van der Waals surface area contributed by atoms with Crippen LogP contribution in [0.4, 0.5) is 0 Å². The van der Waals surface area contributed by atoms with Crippen LogP contribution in [0.5, 0.6) is 0 Å². The van der Waals surface area contributed by atoms with Crippen LogP contribution in [-0.2, 0) is 14.8 Å². The third-order valence-corrected chi connectivity index (χ3v) is 8.04. The number of pyridine rings is 1. The molecule has 0 unspecified atom stereocenters. The van der Waals surface area contributed by atoms with Gasteiger partial charge in [0.15, 0.2) is 0 Å². The van der Waals surface area contributed by atoms with Crippen LogP contribution in [0.2, 0.25) is 0 Å². The minimum Gasteiger partial charge on any atom is -0.342 e. The number of sulfonamides is 1. The lowest BCUT2D eigenvalue weighted by atomic mass is 9.88. The van der Waals surface area contributed by atoms with Crippen molar-refractivity contribution in [3.63, 3.8) is 0 Å². The monoisotopic (exact) mass is 413 g/mol. The second kappa shape index (κ2) is 8.63. The highest BCUT2D eigenvalue weighted by molar-refractivity contribution is 7.89. The van der Waals surface area contributed by atoms with E-state index in [-0.39, 0.29) is 16.7 Å². The van der Waals surface area contributed by atoms with E-state index in [1.54, 1.807) is 18.3 Å². The molecule has 2 aromatic rings. The van der Waals surface area contributed by atoms with Gasteiger partial charge in [-0.1, -0.05) is 30.3 Å². The summed E-state index contributed by atoms with van der Waals surface area (Å²) in [6, 6.07) is 13.7. The number of rotatable bonds is 4. The van der Waals surface area contributed by atoms with E-state index in [4.69, 9.17) is 0 Å². The number of nitrogens with zero attached hydrogens (tertiary/aromatic N) is 3. The van der Waals surface area contributed by atoms with E-state index in [2.05, 4.69) is 29.2 Å². The number of amides is 1. The summed E-state index contributed by atoms with van der Waals surface area (Å²) in [5, 5.41) is 0. The third-order valence-electron chi connectivity index (χ3n) is 6.15. The first-order valence-corrected chi connectivity index (χ1v) is 11.7. The van der Waals surface area contributed by atoms with Gasteiger partial charge < -0.3 is 4.90 Å². The van der Waals surface area contributed by atoms with Crippen molar-refractivity contribution in [2.45, 2.75) is 36.5 Å². The molecule has 0 N–H and O–H groups in total. The molecule has 4 rings (SSSR count). The van der Waals surface area contributed by atoms with Crippen LogP contribution < -0.4 is 0 Å². The molecular formula is C22H27N3O3S. The van der Waals surface area contributed by atoms with Crippen molar-refractivity contribution in [1.82, 2.24) is 14.2 Å². The maximum absolute atomic E-state index is 13.0. The molecule has 0 bridgehead atoms. The molecule has 2 saturated heterocycles. The van der Waals surface area contributed by atoms with Crippen molar-refractivity contribution >= 4 is 15.9 Å². The van der Waals surface area contributed by atoms with Gasteiger partial charge in [0.25, 0.3) is 0 Å². The van der Waals surface area contributed by atoms with Gasteiger partial charge in [-0.2, -0.15) is 4.31 Å². The fourth-order valence-corrected chi connectivity index (χ4v) is 5.84. The molecule has 6 nitrogen and oxygen atoms in total. The Morgan fingerprint density at radius 3 is 2.21 bits per heavy atom. The molecule has 2 aliphatic rings. The second-order valence-electron chi connectivity index (χ2n) is 7.88. The van der Waals surface area contributed by atoms with Crippen molar-refractivity contribution in [3.8, 4) is 0 Å². The SMILES string of the molecule is O=C(C1CCN(S(=O)(=O)c2cccnc2)CC1)N1CCC(c2ccccc2)CC1. The average Bonchev–Trinajstić information content (AvgIpc) is 2.80. The maximum Gasteiger partial charge on any atom is 0.244 e. The fourth-order valence-electron chi connectivity index (χ4n) is 4.41. The zero-order valence-electron chi connectivity index (χ0n) is 16.5. The summed E-state index contributed by atoms with van der Waals surface area (Å²) in [6.45, 7) is 2.33. The molecule has 154 valence electrons. The number of piperidine rings is 2. The smallest absolute Gasteiger partial charge is 0.244 e. The number of carbonyl (C=O) groups is 1. The Bertz CT molecular complexity index is 918. The van der Waals surface area contributed by atoms with Gasteiger partial charge in [-0.25, -0.2) is 8.42 Å². The molecule has 0 saturated carbocycles.